The number of carbonyl (C=O) groups excluding carboxylic acids is 1. The van der Waals surface area contributed by atoms with Gasteiger partial charge in [-0.3, -0.25) is 4.79 Å². The summed E-state index contributed by atoms with van der Waals surface area (Å²) >= 11 is 6.01. The molecule has 1 aromatic carbocycles. The third-order valence-electron chi connectivity index (χ3n) is 4.58. The lowest BCUT2D eigenvalue weighted by atomic mass is 9.85. The average Bonchev–Trinajstić information content (AvgIpc) is 2.81. The van der Waals surface area contributed by atoms with Crippen LogP contribution in [0.15, 0.2) is 18.2 Å². The Hall–Kier alpha value is -0.770. The molecule has 0 spiro atoms. The fraction of sp³-hybridized carbons (Fsp3) is 0.562. The molecule has 0 saturated heterocycles. The van der Waals surface area contributed by atoms with Crippen molar-refractivity contribution in [3.05, 3.63) is 34.3 Å². The number of amides is 1. The number of carbonyl (C=O) groups is 1. The van der Waals surface area contributed by atoms with Crippen LogP contribution in [0.25, 0.3) is 0 Å². The zero-order chi connectivity index (χ0) is 14.1. The summed E-state index contributed by atoms with van der Waals surface area (Å²) in [7, 11) is 0. The van der Waals surface area contributed by atoms with E-state index in [1.807, 2.05) is 18.2 Å². The normalized spacial score (nSPS) is 27.6. The fourth-order valence-electron chi connectivity index (χ4n) is 3.49. The highest BCUT2D eigenvalue weighted by molar-refractivity contribution is 6.30. The zero-order valence-corrected chi connectivity index (χ0v) is 13.6. The van der Waals surface area contributed by atoms with Crippen LogP contribution in [0.3, 0.4) is 0 Å². The molecule has 0 aliphatic heterocycles. The van der Waals surface area contributed by atoms with Gasteiger partial charge in [0.25, 0.3) is 0 Å². The first-order valence-electron chi connectivity index (χ1n) is 7.48. The van der Waals surface area contributed by atoms with Gasteiger partial charge in [-0.25, -0.2) is 0 Å². The van der Waals surface area contributed by atoms with Gasteiger partial charge in [0.05, 0.1) is 6.04 Å². The van der Waals surface area contributed by atoms with Crippen molar-refractivity contribution in [1.82, 2.24) is 5.32 Å². The van der Waals surface area contributed by atoms with E-state index in [1.54, 1.807) is 0 Å². The van der Waals surface area contributed by atoms with Crippen molar-refractivity contribution >= 4 is 29.9 Å². The lowest BCUT2D eigenvalue weighted by molar-refractivity contribution is -0.126. The molecule has 3 nitrogen and oxygen atoms in total. The molecule has 0 heterocycles. The van der Waals surface area contributed by atoms with Crippen LogP contribution in [-0.2, 0) is 11.2 Å². The van der Waals surface area contributed by atoms with Crippen molar-refractivity contribution in [2.75, 3.05) is 0 Å². The summed E-state index contributed by atoms with van der Waals surface area (Å²) in [6.45, 7) is 0. The van der Waals surface area contributed by atoms with Crippen molar-refractivity contribution in [3.8, 4) is 0 Å². The van der Waals surface area contributed by atoms with Gasteiger partial charge < -0.3 is 11.1 Å². The number of nitrogens with two attached hydrogens (primary N) is 1. The quantitative estimate of drug-likeness (QED) is 0.874. The molecular formula is C16H22Cl2N2O. The van der Waals surface area contributed by atoms with E-state index in [1.165, 1.54) is 11.1 Å². The number of hydrogen-bond donors (Lipinski definition) is 2. The Bertz CT molecular complexity index is 521. The smallest absolute Gasteiger partial charge is 0.223 e. The maximum absolute atomic E-state index is 12.4. The Morgan fingerprint density at radius 2 is 2.10 bits per heavy atom. The Morgan fingerprint density at radius 1 is 1.29 bits per heavy atom. The van der Waals surface area contributed by atoms with Crippen molar-refractivity contribution in [2.45, 2.75) is 50.6 Å². The van der Waals surface area contributed by atoms with Gasteiger partial charge in [-0.1, -0.05) is 24.1 Å². The van der Waals surface area contributed by atoms with E-state index in [0.29, 0.717) is 0 Å². The predicted molar refractivity (Wildman–Crippen MR) is 87.8 cm³/mol. The number of nitrogens with one attached hydrogen (secondary N) is 1. The number of aryl methyl sites for hydroxylation is 1. The molecule has 0 radical (unpaired) electrons. The van der Waals surface area contributed by atoms with E-state index in [0.717, 1.165) is 43.5 Å². The highest BCUT2D eigenvalue weighted by Crippen LogP contribution is 2.33. The van der Waals surface area contributed by atoms with Gasteiger partial charge in [0.1, 0.15) is 0 Å². The first kappa shape index (κ1) is 16.6. The molecule has 1 fully saturated rings. The molecule has 21 heavy (non-hydrogen) atoms. The monoisotopic (exact) mass is 328 g/mol. The minimum absolute atomic E-state index is 0. The van der Waals surface area contributed by atoms with Gasteiger partial charge in [0.15, 0.2) is 0 Å². The topological polar surface area (TPSA) is 55.1 Å². The third-order valence-corrected chi connectivity index (χ3v) is 4.82. The number of halogens is 2. The van der Waals surface area contributed by atoms with Gasteiger partial charge in [-0.15, -0.1) is 12.4 Å². The minimum Gasteiger partial charge on any atom is -0.349 e. The molecule has 3 atom stereocenters. The second kappa shape index (κ2) is 6.99. The number of benzene rings is 1. The number of rotatable bonds is 2. The van der Waals surface area contributed by atoms with Crippen LogP contribution in [0, 0.1) is 5.92 Å². The largest absolute Gasteiger partial charge is 0.349 e. The molecule has 3 unspecified atom stereocenters. The molecule has 5 heteroatoms. The first-order chi connectivity index (χ1) is 9.63. The molecule has 3 N–H and O–H groups in total. The maximum Gasteiger partial charge on any atom is 0.223 e. The van der Waals surface area contributed by atoms with Crippen LogP contribution in [0.1, 0.15) is 49.3 Å². The van der Waals surface area contributed by atoms with Crippen molar-refractivity contribution in [2.24, 2.45) is 11.7 Å². The van der Waals surface area contributed by atoms with E-state index >= 15 is 0 Å². The number of hydrogen-bond acceptors (Lipinski definition) is 2. The minimum atomic E-state index is 0. The van der Waals surface area contributed by atoms with E-state index in [-0.39, 0.29) is 36.3 Å². The molecule has 116 valence electrons. The molecule has 0 aromatic heterocycles. The molecule has 0 bridgehead atoms. The van der Waals surface area contributed by atoms with Crippen LogP contribution in [-0.4, -0.2) is 11.9 Å². The average molecular weight is 329 g/mol. The molecule has 1 aromatic rings. The lowest BCUT2D eigenvalue weighted by Gasteiger charge is -2.27. The predicted octanol–water partition coefficient (Wildman–Crippen LogP) is 3.38. The van der Waals surface area contributed by atoms with E-state index < -0.39 is 0 Å². The molecule has 3 rings (SSSR count). The van der Waals surface area contributed by atoms with Gasteiger partial charge in [0.2, 0.25) is 5.91 Å². The van der Waals surface area contributed by atoms with Crippen molar-refractivity contribution in [3.63, 3.8) is 0 Å². The van der Waals surface area contributed by atoms with E-state index in [9.17, 15) is 4.79 Å². The molecule has 1 amide bonds. The Labute approximate surface area is 137 Å². The van der Waals surface area contributed by atoms with E-state index in [2.05, 4.69) is 5.32 Å². The summed E-state index contributed by atoms with van der Waals surface area (Å²) in [5.41, 5.74) is 8.46. The Morgan fingerprint density at radius 3 is 2.86 bits per heavy atom. The van der Waals surface area contributed by atoms with Crippen LogP contribution < -0.4 is 11.1 Å². The first-order valence-corrected chi connectivity index (χ1v) is 7.85. The summed E-state index contributed by atoms with van der Waals surface area (Å²) in [5.74, 6) is 0.267. The van der Waals surface area contributed by atoms with Gasteiger partial charge in [0, 0.05) is 17.0 Å². The summed E-state index contributed by atoms with van der Waals surface area (Å²) in [6, 6.07) is 6.30. The highest BCUT2D eigenvalue weighted by atomic mass is 35.5. The molecular weight excluding hydrogens is 307 g/mol. The standard InChI is InChI=1S/C16H21ClN2O.ClH/c17-12-5-6-14-10(8-12)4-7-15(14)19-16(20)11-2-1-3-13(18)9-11;/h5-6,8,11,13,15H,1-4,7,9,18H2,(H,19,20);1H. The Kier molecular flexibility index (Phi) is 5.53. The fourth-order valence-corrected chi connectivity index (χ4v) is 3.69. The summed E-state index contributed by atoms with van der Waals surface area (Å²) in [5, 5.41) is 3.98. The van der Waals surface area contributed by atoms with Crippen LogP contribution in [0.2, 0.25) is 5.02 Å². The second-order valence-corrected chi connectivity index (χ2v) is 6.50. The van der Waals surface area contributed by atoms with Crippen molar-refractivity contribution < 1.29 is 4.79 Å². The molecule has 1 saturated carbocycles. The van der Waals surface area contributed by atoms with Gasteiger partial charge >= 0.3 is 0 Å². The van der Waals surface area contributed by atoms with Crippen molar-refractivity contribution in [1.29, 1.82) is 0 Å². The lowest BCUT2D eigenvalue weighted by Crippen LogP contribution is -2.38. The van der Waals surface area contributed by atoms with Crippen LogP contribution in [0.5, 0.6) is 0 Å². The molecule has 2 aliphatic carbocycles. The zero-order valence-electron chi connectivity index (χ0n) is 12.0. The van der Waals surface area contributed by atoms with Gasteiger partial charge in [-0.2, -0.15) is 0 Å². The van der Waals surface area contributed by atoms with Crippen LogP contribution in [0.4, 0.5) is 0 Å². The highest BCUT2D eigenvalue weighted by Gasteiger charge is 2.29. The maximum atomic E-state index is 12.4. The SMILES string of the molecule is Cl.NC1CCCC(C(=O)NC2CCc3cc(Cl)ccc32)C1. The second-order valence-electron chi connectivity index (χ2n) is 6.07. The molecule has 2 aliphatic rings. The number of fused-ring (bicyclic) bond motifs is 1. The van der Waals surface area contributed by atoms with E-state index in [4.69, 9.17) is 17.3 Å². The Balaban J connectivity index is 0.00000161. The summed E-state index contributed by atoms with van der Waals surface area (Å²) in [6.07, 6.45) is 5.88. The third kappa shape index (κ3) is 3.71. The summed E-state index contributed by atoms with van der Waals surface area (Å²) in [4.78, 5) is 12.4. The summed E-state index contributed by atoms with van der Waals surface area (Å²) < 4.78 is 0. The van der Waals surface area contributed by atoms with Gasteiger partial charge in [-0.05, 0) is 55.4 Å². The van der Waals surface area contributed by atoms with Crippen LogP contribution >= 0.6 is 24.0 Å².